The van der Waals surface area contributed by atoms with Crippen LogP contribution in [-0.2, 0) is 19.5 Å². The van der Waals surface area contributed by atoms with Crippen LogP contribution in [0.25, 0.3) is 0 Å². The first-order valence-electron chi connectivity index (χ1n) is 9.16. The highest BCUT2D eigenvalue weighted by Crippen LogP contribution is 2.19. The van der Waals surface area contributed by atoms with Crippen molar-refractivity contribution < 1.29 is 14.3 Å². The van der Waals surface area contributed by atoms with E-state index in [9.17, 15) is 9.59 Å². The Labute approximate surface area is 167 Å². The molecule has 0 saturated carbocycles. The van der Waals surface area contributed by atoms with Gasteiger partial charge in [0, 0.05) is 37.6 Å². The maximum Gasteiger partial charge on any atom is 0.255 e. The van der Waals surface area contributed by atoms with E-state index in [4.69, 9.17) is 4.74 Å². The molecular weight excluding hydrogens is 372 g/mol. The summed E-state index contributed by atoms with van der Waals surface area (Å²) in [7, 11) is 1.52. The lowest BCUT2D eigenvalue weighted by Crippen LogP contribution is -2.36. The summed E-state index contributed by atoms with van der Waals surface area (Å²) >= 11 is 0. The number of methoxy groups -OCH3 is 1. The number of hydrogen-bond donors (Lipinski definition) is 2. The van der Waals surface area contributed by atoms with Gasteiger partial charge in [0.05, 0.1) is 42.7 Å². The van der Waals surface area contributed by atoms with E-state index in [1.165, 1.54) is 13.3 Å². The Morgan fingerprint density at radius 2 is 2.10 bits per heavy atom. The molecule has 0 radical (unpaired) electrons. The van der Waals surface area contributed by atoms with Gasteiger partial charge in [0.1, 0.15) is 0 Å². The molecule has 0 unspecified atom stereocenters. The monoisotopic (exact) mass is 392 g/mol. The Bertz CT molecular complexity index is 1020. The number of fused-ring (bicyclic) bond motifs is 1. The number of rotatable bonds is 6. The van der Waals surface area contributed by atoms with E-state index in [-0.39, 0.29) is 17.9 Å². The molecule has 2 N–H and O–H groups in total. The summed E-state index contributed by atoms with van der Waals surface area (Å²) < 4.78 is 6.76. The third kappa shape index (κ3) is 4.08. The van der Waals surface area contributed by atoms with Crippen molar-refractivity contribution in [3.63, 3.8) is 0 Å². The minimum absolute atomic E-state index is 0.141. The van der Waals surface area contributed by atoms with Crippen LogP contribution in [0, 0.1) is 0 Å². The summed E-state index contributed by atoms with van der Waals surface area (Å²) in [6, 6.07) is 6.88. The van der Waals surface area contributed by atoms with Crippen LogP contribution in [0.15, 0.2) is 49.1 Å². The van der Waals surface area contributed by atoms with E-state index >= 15 is 0 Å². The third-order valence-electron chi connectivity index (χ3n) is 4.75. The van der Waals surface area contributed by atoms with Crippen LogP contribution >= 0.6 is 0 Å². The SMILES string of the molecule is COc1ccc(C(=O)N[C@H]2Cc3c(C(=O)NCc4cccnc4)cnn3C2)cn1. The van der Waals surface area contributed by atoms with E-state index in [1.807, 2.05) is 12.1 Å². The highest BCUT2D eigenvalue weighted by Gasteiger charge is 2.29. The lowest BCUT2D eigenvalue weighted by molar-refractivity contribution is 0.0934. The maximum atomic E-state index is 12.6. The molecule has 4 rings (SSSR count). The molecule has 0 fully saturated rings. The molecule has 3 aromatic heterocycles. The van der Waals surface area contributed by atoms with Crippen molar-refractivity contribution in [1.29, 1.82) is 0 Å². The van der Waals surface area contributed by atoms with Gasteiger partial charge in [-0.1, -0.05) is 6.07 Å². The molecule has 9 nitrogen and oxygen atoms in total. The number of pyridine rings is 2. The average Bonchev–Trinajstić information content (AvgIpc) is 3.33. The number of carbonyl (C=O) groups is 2. The lowest BCUT2D eigenvalue weighted by Gasteiger charge is -2.12. The molecule has 0 aromatic carbocycles. The van der Waals surface area contributed by atoms with E-state index in [2.05, 4.69) is 25.7 Å². The Balaban J connectivity index is 1.36. The molecule has 1 aliphatic heterocycles. The number of ether oxygens (including phenoxy) is 1. The molecular formula is C20H20N6O3. The molecule has 0 saturated heterocycles. The molecule has 0 bridgehead atoms. The largest absolute Gasteiger partial charge is 0.481 e. The second-order valence-corrected chi connectivity index (χ2v) is 6.69. The van der Waals surface area contributed by atoms with Crippen molar-refractivity contribution in [2.75, 3.05) is 7.11 Å². The van der Waals surface area contributed by atoms with E-state index in [0.717, 1.165) is 11.3 Å². The summed E-state index contributed by atoms with van der Waals surface area (Å²) in [4.78, 5) is 33.1. The zero-order valence-electron chi connectivity index (χ0n) is 15.8. The highest BCUT2D eigenvalue weighted by atomic mass is 16.5. The van der Waals surface area contributed by atoms with Gasteiger partial charge in [0.2, 0.25) is 5.88 Å². The molecule has 1 atom stereocenters. The van der Waals surface area contributed by atoms with Crippen LogP contribution < -0.4 is 15.4 Å². The summed E-state index contributed by atoms with van der Waals surface area (Å²) in [5.74, 6) is 0.0319. The Hall–Kier alpha value is -3.75. The number of hydrogen-bond acceptors (Lipinski definition) is 6. The minimum atomic E-state index is -0.224. The van der Waals surface area contributed by atoms with Crippen LogP contribution in [0.5, 0.6) is 5.88 Å². The maximum absolute atomic E-state index is 12.6. The van der Waals surface area contributed by atoms with Gasteiger partial charge in [-0.15, -0.1) is 0 Å². The molecule has 148 valence electrons. The smallest absolute Gasteiger partial charge is 0.255 e. The van der Waals surface area contributed by atoms with Crippen molar-refractivity contribution in [3.8, 4) is 5.88 Å². The lowest BCUT2D eigenvalue weighted by atomic mass is 10.1. The summed E-state index contributed by atoms with van der Waals surface area (Å²) in [5.41, 5.74) is 2.70. The first-order valence-corrected chi connectivity index (χ1v) is 9.16. The second kappa shape index (κ2) is 8.09. The number of nitrogens with zero attached hydrogens (tertiary/aromatic N) is 4. The predicted octanol–water partition coefficient (Wildman–Crippen LogP) is 0.966. The zero-order chi connectivity index (χ0) is 20.2. The van der Waals surface area contributed by atoms with E-state index in [1.54, 1.807) is 35.4 Å². The number of amides is 2. The van der Waals surface area contributed by atoms with Crippen LogP contribution in [0.1, 0.15) is 32.0 Å². The zero-order valence-corrected chi connectivity index (χ0v) is 15.8. The summed E-state index contributed by atoms with van der Waals surface area (Å²) in [6.07, 6.45) is 6.97. The molecule has 29 heavy (non-hydrogen) atoms. The first-order chi connectivity index (χ1) is 14.1. The van der Waals surface area contributed by atoms with Crippen LogP contribution in [-0.4, -0.2) is 44.7 Å². The number of nitrogens with one attached hydrogen (secondary N) is 2. The van der Waals surface area contributed by atoms with Gasteiger partial charge in [0.25, 0.3) is 11.8 Å². The molecule has 1 aliphatic rings. The van der Waals surface area contributed by atoms with Gasteiger partial charge in [-0.3, -0.25) is 19.3 Å². The fraction of sp³-hybridized carbons (Fsp3) is 0.250. The van der Waals surface area contributed by atoms with Crippen molar-refractivity contribution in [1.82, 2.24) is 30.4 Å². The molecule has 2 amide bonds. The molecule has 4 heterocycles. The van der Waals surface area contributed by atoms with Crippen molar-refractivity contribution in [2.24, 2.45) is 0 Å². The first kappa shape index (κ1) is 18.6. The van der Waals surface area contributed by atoms with Crippen LogP contribution in [0.4, 0.5) is 0 Å². The fourth-order valence-electron chi connectivity index (χ4n) is 3.26. The van der Waals surface area contributed by atoms with Crippen LogP contribution in [0.2, 0.25) is 0 Å². The van der Waals surface area contributed by atoms with Crippen LogP contribution in [0.3, 0.4) is 0 Å². The van der Waals surface area contributed by atoms with Gasteiger partial charge >= 0.3 is 0 Å². The summed E-state index contributed by atoms with van der Waals surface area (Å²) in [6.45, 7) is 0.905. The van der Waals surface area contributed by atoms with Gasteiger partial charge in [-0.25, -0.2) is 4.98 Å². The Morgan fingerprint density at radius 3 is 2.83 bits per heavy atom. The molecule has 0 aliphatic carbocycles. The topological polar surface area (TPSA) is 111 Å². The van der Waals surface area contributed by atoms with Gasteiger partial charge in [-0.2, -0.15) is 5.10 Å². The minimum Gasteiger partial charge on any atom is -0.481 e. The number of carbonyl (C=O) groups excluding carboxylic acids is 2. The standard InChI is InChI=1S/C20H20N6O3/c1-29-18-5-4-14(10-22-18)19(27)25-15-7-17-16(11-24-26(17)12-15)20(28)23-9-13-3-2-6-21-8-13/h2-6,8,10-11,15H,7,9,12H2,1H3,(H,23,28)(H,25,27)/t15-/m0/s1. The normalized spacial score (nSPS) is 14.9. The van der Waals surface area contributed by atoms with Gasteiger partial charge in [0.15, 0.2) is 0 Å². The Morgan fingerprint density at radius 1 is 1.21 bits per heavy atom. The summed E-state index contributed by atoms with van der Waals surface area (Å²) in [5, 5.41) is 10.1. The highest BCUT2D eigenvalue weighted by molar-refractivity contribution is 5.96. The van der Waals surface area contributed by atoms with E-state index < -0.39 is 0 Å². The molecule has 9 heteroatoms. The number of aromatic nitrogens is 4. The van der Waals surface area contributed by atoms with Gasteiger partial charge < -0.3 is 15.4 Å². The van der Waals surface area contributed by atoms with Crippen molar-refractivity contribution >= 4 is 11.8 Å². The molecule has 0 spiro atoms. The fourth-order valence-corrected chi connectivity index (χ4v) is 3.26. The Kier molecular flexibility index (Phi) is 5.19. The van der Waals surface area contributed by atoms with E-state index in [0.29, 0.717) is 36.5 Å². The second-order valence-electron chi connectivity index (χ2n) is 6.69. The average molecular weight is 392 g/mol. The third-order valence-corrected chi connectivity index (χ3v) is 4.75. The molecule has 3 aromatic rings. The predicted molar refractivity (Wildman–Crippen MR) is 103 cm³/mol. The van der Waals surface area contributed by atoms with Gasteiger partial charge in [-0.05, 0) is 17.7 Å². The van der Waals surface area contributed by atoms with Crippen molar-refractivity contribution in [2.45, 2.75) is 25.6 Å². The van der Waals surface area contributed by atoms with Crippen molar-refractivity contribution in [3.05, 3.63) is 71.4 Å². The quantitative estimate of drug-likeness (QED) is 0.647.